The molecule has 2 aromatic rings. The van der Waals surface area contributed by atoms with Crippen LogP contribution in [-0.4, -0.2) is 21.5 Å². The lowest BCUT2D eigenvalue weighted by Gasteiger charge is -2.20. The lowest BCUT2D eigenvalue weighted by atomic mass is 9.87. The molecular weight excluding hydrogens is 284 g/mol. The van der Waals surface area contributed by atoms with Crippen LogP contribution in [0.15, 0.2) is 36.7 Å². The monoisotopic (exact) mass is 307 g/mol. The van der Waals surface area contributed by atoms with Crippen molar-refractivity contribution in [2.24, 2.45) is 0 Å². The van der Waals surface area contributed by atoms with Gasteiger partial charge in [0.25, 0.3) is 0 Å². The van der Waals surface area contributed by atoms with Crippen molar-refractivity contribution in [3.05, 3.63) is 53.6 Å². The second-order valence-corrected chi connectivity index (χ2v) is 6.65. The van der Waals surface area contributed by atoms with Crippen molar-refractivity contribution in [3.63, 3.8) is 0 Å². The van der Waals surface area contributed by atoms with Gasteiger partial charge in [-0.2, -0.15) is 8.78 Å². The van der Waals surface area contributed by atoms with Gasteiger partial charge in [0, 0.05) is 18.9 Å². The van der Waals surface area contributed by atoms with Crippen LogP contribution < -0.4 is 0 Å². The first-order valence-electron chi connectivity index (χ1n) is 7.35. The van der Waals surface area contributed by atoms with Crippen molar-refractivity contribution in [1.82, 2.24) is 14.5 Å². The van der Waals surface area contributed by atoms with E-state index < -0.39 is 6.55 Å². The highest BCUT2D eigenvalue weighted by Gasteiger charge is 2.15. The summed E-state index contributed by atoms with van der Waals surface area (Å²) in [5, 5.41) is 0. The van der Waals surface area contributed by atoms with Crippen LogP contribution >= 0.6 is 0 Å². The van der Waals surface area contributed by atoms with E-state index in [0.717, 1.165) is 10.1 Å². The third kappa shape index (κ3) is 4.13. The van der Waals surface area contributed by atoms with Gasteiger partial charge in [-0.1, -0.05) is 45.0 Å². The largest absolute Gasteiger partial charge is 0.319 e. The predicted molar refractivity (Wildman–Crippen MR) is 83.8 cm³/mol. The molecule has 0 bridgehead atoms. The van der Waals surface area contributed by atoms with Gasteiger partial charge in [0.2, 0.25) is 0 Å². The fourth-order valence-corrected chi connectivity index (χ4v) is 2.36. The first-order valence-corrected chi connectivity index (χ1v) is 7.35. The Kier molecular flexibility index (Phi) is 4.96. The molecule has 0 unspecified atom stereocenters. The average Bonchev–Trinajstić information content (AvgIpc) is 2.86. The molecule has 1 aromatic heterocycles. The second kappa shape index (κ2) is 6.57. The molecule has 22 heavy (non-hydrogen) atoms. The standard InChI is InChI=1S/C17H23F2N3/c1-17(2,3)14-7-5-13(6-8-14)11-21(4)12-15-20-9-10-22(15)16(18)19/h5-10,16H,11-12H2,1-4H3. The van der Waals surface area contributed by atoms with E-state index in [-0.39, 0.29) is 5.41 Å². The van der Waals surface area contributed by atoms with Gasteiger partial charge in [0.05, 0.1) is 6.54 Å². The van der Waals surface area contributed by atoms with Crippen LogP contribution in [0.25, 0.3) is 0 Å². The van der Waals surface area contributed by atoms with Crippen LogP contribution in [-0.2, 0) is 18.5 Å². The van der Waals surface area contributed by atoms with Crippen LogP contribution in [0, 0.1) is 0 Å². The quantitative estimate of drug-likeness (QED) is 0.825. The summed E-state index contributed by atoms with van der Waals surface area (Å²) in [5.74, 6) is 0.379. The molecule has 1 heterocycles. The van der Waals surface area contributed by atoms with Crippen molar-refractivity contribution in [2.45, 2.75) is 45.8 Å². The van der Waals surface area contributed by atoms with Gasteiger partial charge in [-0.05, 0) is 23.6 Å². The van der Waals surface area contributed by atoms with Crippen LogP contribution in [0.4, 0.5) is 8.78 Å². The van der Waals surface area contributed by atoms with Crippen LogP contribution in [0.1, 0.15) is 44.3 Å². The van der Waals surface area contributed by atoms with E-state index in [1.807, 2.05) is 11.9 Å². The minimum absolute atomic E-state index is 0.131. The van der Waals surface area contributed by atoms with Crippen LogP contribution in [0.3, 0.4) is 0 Å². The molecule has 0 aliphatic carbocycles. The summed E-state index contributed by atoms with van der Waals surface area (Å²) in [6.07, 6.45) is 2.72. The number of nitrogens with zero attached hydrogens (tertiary/aromatic N) is 3. The van der Waals surface area contributed by atoms with E-state index in [9.17, 15) is 8.78 Å². The van der Waals surface area contributed by atoms with E-state index in [1.165, 1.54) is 18.0 Å². The molecule has 0 saturated heterocycles. The van der Waals surface area contributed by atoms with E-state index >= 15 is 0 Å². The van der Waals surface area contributed by atoms with Crippen molar-refractivity contribution in [3.8, 4) is 0 Å². The van der Waals surface area contributed by atoms with Crippen molar-refractivity contribution in [2.75, 3.05) is 7.05 Å². The Morgan fingerprint density at radius 1 is 1.14 bits per heavy atom. The molecule has 3 nitrogen and oxygen atoms in total. The zero-order valence-electron chi connectivity index (χ0n) is 13.6. The summed E-state index contributed by atoms with van der Waals surface area (Å²) in [5.41, 5.74) is 2.57. The first-order chi connectivity index (χ1) is 10.3. The Bertz CT molecular complexity index is 597. The van der Waals surface area contributed by atoms with Crippen LogP contribution in [0.2, 0.25) is 0 Å². The number of hydrogen-bond donors (Lipinski definition) is 0. The van der Waals surface area contributed by atoms with E-state index in [1.54, 1.807) is 0 Å². The Balaban J connectivity index is 2.00. The van der Waals surface area contributed by atoms with Crippen molar-refractivity contribution < 1.29 is 8.78 Å². The minimum atomic E-state index is -2.54. The summed E-state index contributed by atoms with van der Waals surface area (Å²) in [6, 6.07) is 8.44. The maximum atomic E-state index is 12.8. The average molecular weight is 307 g/mol. The summed E-state index contributed by atoms with van der Waals surface area (Å²) < 4.78 is 26.5. The number of hydrogen-bond acceptors (Lipinski definition) is 2. The normalized spacial score (nSPS) is 12.4. The summed E-state index contributed by atoms with van der Waals surface area (Å²) in [7, 11) is 1.90. The second-order valence-electron chi connectivity index (χ2n) is 6.65. The molecule has 0 amide bonds. The minimum Gasteiger partial charge on any atom is -0.295 e. The third-order valence-electron chi connectivity index (χ3n) is 3.64. The number of alkyl halides is 2. The molecule has 0 atom stereocenters. The number of halogens is 2. The topological polar surface area (TPSA) is 21.1 Å². The van der Waals surface area contributed by atoms with Gasteiger partial charge in [-0.3, -0.25) is 9.47 Å². The van der Waals surface area contributed by atoms with Gasteiger partial charge >= 0.3 is 6.55 Å². The van der Waals surface area contributed by atoms with E-state index in [0.29, 0.717) is 18.9 Å². The highest BCUT2D eigenvalue weighted by Crippen LogP contribution is 2.22. The number of imidazole rings is 1. The fourth-order valence-electron chi connectivity index (χ4n) is 2.36. The van der Waals surface area contributed by atoms with Gasteiger partial charge in [-0.15, -0.1) is 0 Å². The lowest BCUT2D eigenvalue weighted by Crippen LogP contribution is -2.20. The molecule has 1 aromatic carbocycles. The third-order valence-corrected chi connectivity index (χ3v) is 3.64. The molecule has 0 N–H and O–H groups in total. The highest BCUT2D eigenvalue weighted by molar-refractivity contribution is 5.27. The molecule has 0 fully saturated rings. The molecule has 5 heteroatoms. The highest BCUT2D eigenvalue weighted by atomic mass is 19.3. The SMILES string of the molecule is CN(Cc1ccc(C(C)(C)C)cc1)Cc1nccn1C(F)F. The molecule has 0 spiro atoms. The predicted octanol–water partition coefficient (Wildman–Crippen LogP) is 4.21. The summed E-state index contributed by atoms with van der Waals surface area (Å²) in [4.78, 5) is 5.99. The molecule has 0 aliphatic heterocycles. The van der Waals surface area contributed by atoms with Gasteiger partial charge < -0.3 is 0 Å². The Morgan fingerprint density at radius 3 is 2.32 bits per heavy atom. The zero-order chi connectivity index (χ0) is 16.3. The van der Waals surface area contributed by atoms with Crippen molar-refractivity contribution >= 4 is 0 Å². The van der Waals surface area contributed by atoms with E-state index in [2.05, 4.69) is 50.0 Å². The van der Waals surface area contributed by atoms with E-state index in [4.69, 9.17) is 0 Å². The van der Waals surface area contributed by atoms with Gasteiger partial charge in [0.15, 0.2) is 0 Å². The molecular formula is C17H23F2N3. The summed E-state index contributed by atoms with van der Waals surface area (Å²) >= 11 is 0. The molecule has 120 valence electrons. The van der Waals surface area contributed by atoms with Gasteiger partial charge in [-0.25, -0.2) is 4.98 Å². The zero-order valence-corrected chi connectivity index (χ0v) is 13.6. The maximum absolute atomic E-state index is 12.8. The number of aromatic nitrogens is 2. The van der Waals surface area contributed by atoms with Crippen LogP contribution in [0.5, 0.6) is 0 Å². The molecule has 0 saturated carbocycles. The lowest BCUT2D eigenvalue weighted by molar-refractivity contribution is 0.0644. The van der Waals surface area contributed by atoms with Crippen molar-refractivity contribution in [1.29, 1.82) is 0 Å². The molecule has 0 radical (unpaired) electrons. The summed E-state index contributed by atoms with van der Waals surface area (Å²) in [6.45, 7) is 5.07. The molecule has 2 rings (SSSR count). The fraction of sp³-hybridized carbons (Fsp3) is 0.471. The maximum Gasteiger partial charge on any atom is 0.319 e. The molecule has 0 aliphatic rings. The smallest absolute Gasteiger partial charge is 0.295 e. The number of rotatable bonds is 5. The van der Waals surface area contributed by atoms with Gasteiger partial charge in [0.1, 0.15) is 5.82 Å². The Morgan fingerprint density at radius 2 is 1.77 bits per heavy atom. The Labute approximate surface area is 130 Å². The first kappa shape index (κ1) is 16.6. The Hall–Kier alpha value is -1.75. The number of benzene rings is 1.